The van der Waals surface area contributed by atoms with Gasteiger partial charge in [0.15, 0.2) is 0 Å². The summed E-state index contributed by atoms with van der Waals surface area (Å²) in [6.07, 6.45) is 0.428. The molecule has 0 aliphatic carbocycles. The van der Waals surface area contributed by atoms with Crippen molar-refractivity contribution in [1.29, 1.82) is 0 Å². The minimum atomic E-state index is -0.417. The molecule has 1 rings (SSSR count). The highest BCUT2D eigenvalue weighted by Crippen LogP contribution is 2.03. The summed E-state index contributed by atoms with van der Waals surface area (Å²) in [6.45, 7) is 2.36. The fraction of sp³-hybridized carbons (Fsp3) is 0.889. The van der Waals surface area contributed by atoms with Crippen molar-refractivity contribution in [2.45, 2.75) is 12.5 Å². The highest BCUT2D eigenvalue weighted by molar-refractivity contribution is 6.17. The van der Waals surface area contributed by atoms with E-state index in [1.54, 1.807) is 0 Å². The van der Waals surface area contributed by atoms with E-state index >= 15 is 0 Å². The normalized spacial score (nSPS) is 20.2. The van der Waals surface area contributed by atoms with Crippen molar-refractivity contribution in [3.8, 4) is 0 Å². The van der Waals surface area contributed by atoms with Crippen molar-refractivity contribution >= 4 is 17.7 Å². The number of carbonyl (C=O) groups excluding carboxylic acids is 1. The minimum absolute atomic E-state index is 0.0845. The van der Waals surface area contributed by atoms with E-state index in [4.69, 9.17) is 25.8 Å². The summed E-state index contributed by atoms with van der Waals surface area (Å²) in [4.78, 5) is 11.2. The van der Waals surface area contributed by atoms with E-state index in [1.807, 2.05) is 0 Å². The van der Waals surface area contributed by atoms with Crippen LogP contribution in [0.25, 0.3) is 0 Å². The van der Waals surface area contributed by atoms with Gasteiger partial charge in [0.2, 0.25) is 0 Å². The maximum Gasteiger partial charge on any atom is 0.407 e. The topological polar surface area (TPSA) is 56.8 Å². The number of alkyl carbamates (subject to hydrolysis) is 1. The van der Waals surface area contributed by atoms with Gasteiger partial charge in [-0.05, 0) is 6.42 Å². The van der Waals surface area contributed by atoms with Gasteiger partial charge in [-0.2, -0.15) is 0 Å². The molecular formula is C9H16ClNO4. The largest absolute Gasteiger partial charge is 0.447 e. The molecule has 0 bridgehead atoms. The zero-order chi connectivity index (χ0) is 10.9. The fourth-order valence-electron chi connectivity index (χ4n) is 1.21. The number of rotatable bonds is 6. The van der Waals surface area contributed by atoms with Crippen molar-refractivity contribution < 1.29 is 19.0 Å². The number of nitrogens with one attached hydrogen (secondary N) is 1. The Morgan fingerprint density at radius 3 is 3.00 bits per heavy atom. The molecule has 88 valence electrons. The zero-order valence-corrected chi connectivity index (χ0v) is 9.29. The number of hydrogen-bond donors (Lipinski definition) is 1. The van der Waals surface area contributed by atoms with Crippen LogP contribution in [0.15, 0.2) is 0 Å². The molecule has 0 saturated carbocycles. The Morgan fingerprint density at radius 2 is 2.33 bits per heavy atom. The second kappa shape index (κ2) is 7.73. The lowest BCUT2D eigenvalue weighted by atomic mass is 10.3. The van der Waals surface area contributed by atoms with E-state index in [-0.39, 0.29) is 12.6 Å². The fourth-order valence-corrected chi connectivity index (χ4v) is 1.32. The molecule has 0 aromatic heterocycles. The quantitative estimate of drug-likeness (QED) is 0.547. The second-order valence-corrected chi connectivity index (χ2v) is 3.52. The Kier molecular flexibility index (Phi) is 6.47. The lowest BCUT2D eigenvalue weighted by Gasteiger charge is -2.10. The molecule has 1 aliphatic rings. The lowest BCUT2D eigenvalue weighted by Crippen LogP contribution is -2.36. The van der Waals surface area contributed by atoms with Crippen molar-refractivity contribution in [1.82, 2.24) is 5.32 Å². The van der Waals surface area contributed by atoms with E-state index in [0.717, 1.165) is 6.42 Å². The van der Waals surface area contributed by atoms with E-state index in [1.165, 1.54) is 0 Å². The third-order valence-electron chi connectivity index (χ3n) is 1.93. The summed E-state index contributed by atoms with van der Waals surface area (Å²) in [5, 5.41) is 2.70. The van der Waals surface area contributed by atoms with Gasteiger partial charge in [-0.3, -0.25) is 0 Å². The maximum atomic E-state index is 11.2. The predicted octanol–water partition coefficient (Wildman–Crippen LogP) is 0.757. The van der Waals surface area contributed by atoms with E-state index in [2.05, 4.69) is 5.32 Å². The monoisotopic (exact) mass is 237 g/mol. The van der Waals surface area contributed by atoms with Gasteiger partial charge in [-0.1, -0.05) is 0 Å². The third kappa shape index (κ3) is 5.81. The van der Waals surface area contributed by atoms with Crippen molar-refractivity contribution in [3.05, 3.63) is 0 Å². The number of amides is 1. The first-order chi connectivity index (χ1) is 7.33. The smallest absolute Gasteiger partial charge is 0.407 e. The van der Waals surface area contributed by atoms with Crippen LogP contribution in [0.2, 0.25) is 0 Å². The average molecular weight is 238 g/mol. The van der Waals surface area contributed by atoms with Gasteiger partial charge in [0, 0.05) is 12.5 Å². The molecule has 5 nitrogen and oxygen atoms in total. The summed E-state index contributed by atoms with van der Waals surface area (Å²) >= 11 is 5.40. The molecule has 0 aromatic rings. The molecule has 1 atom stereocenters. The zero-order valence-electron chi connectivity index (χ0n) is 8.54. The van der Waals surface area contributed by atoms with Gasteiger partial charge in [0.1, 0.15) is 6.61 Å². The van der Waals surface area contributed by atoms with Crippen LogP contribution in [0.5, 0.6) is 0 Å². The summed E-state index contributed by atoms with van der Waals surface area (Å²) in [7, 11) is 0. The standard InChI is InChI=1S/C9H16ClNO4/c10-2-4-13-5-6-15-9(12)11-8-1-3-14-7-8/h8H,1-7H2,(H,11,12). The Bertz CT molecular complexity index is 185. The maximum absolute atomic E-state index is 11.2. The molecule has 1 saturated heterocycles. The highest BCUT2D eigenvalue weighted by atomic mass is 35.5. The molecule has 1 fully saturated rings. The van der Waals surface area contributed by atoms with Crippen LogP contribution < -0.4 is 5.32 Å². The van der Waals surface area contributed by atoms with Gasteiger partial charge in [-0.15, -0.1) is 11.6 Å². The first kappa shape index (κ1) is 12.5. The lowest BCUT2D eigenvalue weighted by molar-refractivity contribution is 0.0777. The summed E-state index contributed by atoms with van der Waals surface area (Å²) in [6, 6.07) is 0.0845. The van der Waals surface area contributed by atoms with Crippen LogP contribution in [-0.4, -0.2) is 51.0 Å². The molecule has 1 amide bonds. The SMILES string of the molecule is O=C(NC1CCOC1)OCCOCCCl. The van der Waals surface area contributed by atoms with Crippen LogP contribution >= 0.6 is 11.6 Å². The van der Waals surface area contributed by atoms with Crippen LogP contribution in [0.3, 0.4) is 0 Å². The minimum Gasteiger partial charge on any atom is -0.447 e. The molecule has 6 heteroatoms. The number of carbonyl (C=O) groups is 1. The van der Waals surface area contributed by atoms with Crippen molar-refractivity contribution in [2.75, 3.05) is 38.9 Å². The van der Waals surface area contributed by atoms with Crippen LogP contribution in [0.4, 0.5) is 4.79 Å². The van der Waals surface area contributed by atoms with Crippen LogP contribution in [0.1, 0.15) is 6.42 Å². The van der Waals surface area contributed by atoms with Crippen molar-refractivity contribution in [2.24, 2.45) is 0 Å². The van der Waals surface area contributed by atoms with Gasteiger partial charge >= 0.3 is 6.09 Å². The van der Waals surface area contributed by atoms with Crippen LogP contribution in [-0.2, 0) is 14.2 Å². The molecule has 1 aliphatic heterocycles. The van der Waals surface area contributed by atoms with E-state index in [0.29, 0.717) is 32.3 Å². The highest BCUT2D eigenvalue weighted by Gasteiger charge is 2.17. The number of halogens is 1. The molecule has 1 heterocycles. The Labute approximate surface area is 94.0 Å². The molecule has 0 radical (unpaired) electrons. The van der Waals surface area contributed by atoms with E-state index < -0.39 is 6.09 Å². The predicted molar refractivity (Wildman–Crippen MR) is 55.2 cm³/mol. The Morgan fingerprint density at radius 1 is 1.47 bits per heavy atom. The average Bonchev–Trinajstić information content (AvgIpc) is 2.70. The summed E-state index contributed by atoms with van der Waals surface area (Å²) < 4.78 is 15.0. The van der Waals surface area contributed by atoms with Gasteiger partial charge < -0.3 is 19.5 Å². The van der Waals surface area contributed by atoms with Crippen LogP contribution in [0, 0.1) is 0 Å². The first-order valence-corrected chi connectivity index (χ1v) is 5.51. The number of hydrogen-bond acceptors (Lipinski definition) is 4. The molecular weight excluding hydrogens is 222 g/mol. The second-order valence-electron chi connectivity index (χ2n) is 3.14. The molecule has 1 N–H and O–H groups in total. The Balaban J connectivity index is 1.93. The van der Waals surface area contributed by atoms with Gasteiger partial charge in [-0.25, -0.2) is 4.79 Å². The molecule has 0 aromatic carbocycles. The number of alkyl halides is 1. The summed E-state index contributed by atoms with van der Waals surface area (Å²) in [5.74, 6) is 0.450. The first-order valence-electron chi connectivity index (χ1n) is 4.97. The number of ether oxygens (including phenoxy) is 3. The Hall–Kier alpha value is -0.520. The molecule has 1 unspecified atom stereocenters. The molecule has 0 spiro atoms. The molecule has 15 heavy (non-hydrogen) atoms. The third-order valence-corrected chi connectivity index (χ3v) is 2.09. The van der Waals surface area contributed by atoms with Gasteiger partial charge in [0.05, 0.1) is 25.9 Å². The van der Waals surface area contributed by atoms with Crippen molar-refractivity contribution in [3.63, 3.8) is 0 Å². The van der Waals surface area contributed by atoms with E-state index in [9.17, 15) is 4.79 Å². The summed E-state index contributed by atoms with van der Waals surface area (Å²) in [5.41, 5.74) is 0. The van der Waals surface area contributed by atoms with Gasteiger partial charge in [0.25, 0.3) is 0 Å².